The largest absolute Gasteiger partial charge is 0.356 e. The molecule has 64 valence electrons. The molecule has 0 spiro atoms. The molecule has 1 amide bonds. The van der Waals surface area contributed by atoms with E-state index in [1.54, 1.807) is 0 Å². The number of amides is 1. The summed E-state index contributed by atoms with van der Waals surface area (Å²) < 4.78 is 0. The van der Waals surface area contributed by atoms with Gasteiger partial charge in [-0.3, -0.25) is 4.79 Å². The van der Waals surface area contributed by atoms with Gasteiger partial charge in [0.2, 0.25) is 5.91 Å². The smallest absolute Gasteiger partial charge is 0.220 e. The van der Waals surface area contributed by atoms with Crippen molar-refractivity contribution in [1.82, 2.24) is 5.32 Å². The molecule has 2 unspecified atom stereocenters. The minimum absolute atomic E-state index is 0.237. The summed E-state index contributed by atoms with van der Waals surface area (Å²) in [5, 5.41) is 2.89. The molecular weight excluding hydrogens is 138 g/mol. The van der Waals surface area contributed by atoms with Crippen molar-refractivity contribution in [2.24, 2.45) is 11.8 Å². The summed E-state index contributed by atoms with van der Waals surface area (Å²) >= 11 is 0. The molecule has 1 rings (SSSR count). The van der Waals surface area contributed by atoms with Crippen molar-refractivity contribution >= 4 is 5.91 Å². The first kappa shape index (κ1) is 8.57. The Balaban J connectivity index is 2.02. The summed E-state index contributed by atoms with van der Waals surface area (Å²) in [6.07, 6.45) is 3.03. The molecule has 0 aromatic rings. The molecule has 0 radical (unpaired) electrons. The maximum Gasteiger partial charge on any atom is 0.220 e. The summed E-state index contributed by atoms with van der Waals surface area (Å²) in [6.45, 7) is 5.11. The minimum Gasteiger partial charge on any atom is -0.356 e. The predicted octanol–water partition coefficient (Wildman–Crippen LogP) is 1.56. The first-order chi connectivity index (χ1) is 5.24. The number of hydrogen-bond acceptors (Lipinski definition) is 1. The molecule has 2 heteroatoms. The monoisotopic (exact) mass is 155 g/mol. The van der Waals surface area contributed by atoms with Crippen LogP contribution >= 0.6 is 0 Å². The Labute approximate surface area is 68.4 Å². The number of carbonyl (C=O) groups excluding carboxylic acids is 1. The maximum atomic E-state index is 11.1. The molecule has 0 aromatic carbocycles. The zero-order valence-electron chi connectivity index (χ0n) is 7.39. The Morgan fingerprint density at radius 2 is 2.27 bits per heavy atom. The predicted molar refractivity (Wildman–Crippen MR) is 45.2 cm³/mol. The van der Waals surface area contributed by atoms with Gasteiger partial charge in [-0.15, -0.1) is 0 Å². The molecule has 1 saturated carbocycles. The summed E-state index contributed by atoms with van der Waals surface area (Å²) in [5.41, 5.74) is 0. The second kappa shape index (κ2) is 3.74. The molecule has 0 aliphatic heterocycles. The molecule has 11 heavy (non-hydrogen) atoms. The van der Waals surface area contributed by atoms with Gasteiger partial charge in [-0.2, -0.15) is 0 Å². The maximum absolute atomic E-state index is 11.1. The Hall–Kier alpha value is -0.530. The lowest BCUT2D eigenvalue weighted by Crippen LogP contribution is -2.24. The van der Waals surface area contributed by atoms with E-state index >= 15 is 0 Å². The summed E-state index contributed by atoms with van der Waals surface area (Å²) in [7, 11) is 0. The van der Waals surface area contributed by atoms with Crippen molar-refractivity contribution < 1.29 is 4.79 Å². The van der Waals surface area contributed by atoms with Crippen molar-refractivity contribution in [3.05, 3.63) is 0 Å². The molecule has 2 nitrogen and oxygen atoms in total. The standard InChI is InChI=1S/C9H17NO/c1-3-4-10-9(11)6-8-5-7(8)2/h7-8H,3-6H2,1-2H3,(H,10,11). The van der Waals surface area contributed by atoms with Crippen LogP contribution in [-0.4, -0.2) is 12.5 Å². The van der Waals surface area contributed by atoms with Crippen LogP contribution in [0.2, 0.25) is 0 Å². The van der Waals surface area contributed by atoms with Gasteiger partial charge in [0, 0.05) is 13.0 Å². The number of nitrogens with one attached hydrogen (secondary N) is 1. The van der Waals surface area contributed by atoms with E-state index in [0.29, 0.717) is 5.92 Å². The molecule has 1 aliphatic carbocycles. The van der Waals surface area contributed by atoms with Crippen LogP contribution in [0.15, 0.2) is 0 Å². The Bertz CT molecular complexity index is 144. The highest BCUT2D eigenvalue weighted by Crippen LogP contribution is 2.40. The van der Waals surface area contributed by atoms with Crippen LogP contribution < -0.4 is 5.32 Å². The fraction of sp³-hybridized carbons (Fsp3) is 0.889. The normalized spacial score (nSPS) is 28.2. The fourth-order valence-electron chi connectivity index (χ4n) is 1.26. The number of hydrogen-bond donors (Lipinski definition) is 1. The van der Waals surface area contributed by atoms with Crippen LogP contribution in [0.25, 0.3) is 0 Å². The average Bonchev–Trinajstić information content (AvgIpc) is 2.62. The van der Waals surface area contributed by atoms with Crippen molar-refractivity contribution in [2.75, 3.05) is 6.54 Å². The topological polar surface area (TPSA) is 29.1 Å². The van der Waals surface area contributed by atoms with Gasteiger partial charge in [-0.25, -0.2) is 0 Å². The van der Waals surface area contributed by atoms with Crippen LogP contribution in [0.4, 0.5) is 0 Å². The molecule has 0 bridgehead atoms. The van der Waals surface area contributed by atoms with Crippen LogP contribution in [0, 0.1) is 11.8 Å². The minimum atomic E-state index is 0.237. The van der Waals surface area contributed by atoms with Gasteiger partial charge in [0.05, 0.1) is 0 Å². The summed E-state index contributed by atoms with van der Waals surface area (Å²) in [6, 6.07) is 0. The molecule has 1 N–H and O–H groups in total. The van der Waals surface area contributed by atoms with E-state index in [1.165, 1.54) is 6.42 Å². The van der Waals surface area contributed by atoms with Crippen LogP contribution in [0.5, 0.6) is 0 Å². The fourth-order valence-corrected chi connectivity index (χ4v) is 1.26. The van der Waals surface area contributed by atoms with Gasteiger partial charge in [0.15, 0.2) is 0 Å². The summed E-state index contributed by atoms with van der Waals surface area (Å²) in [5.74, 6) is 1.72. The van der Waals surface area contributed by atoms with Crippen molar-refractivity contribution in [3.63, 3.8) is 0 Å². The third-order valence-electron chi connectivity index (χ3n) is 2.30. The molecule has 0 heterocycles. The van der Waals surface area contributed by atoms with Gasteiger partial charge in [-0.1, -0.05) is 13.8 Å². The second-order valence-corrected chi connectivity index (χ2v) is 3.53. The molecule has 2 atom stereocenters. The van der Waals surface area contributed by atoms with E-state index in [-0.39, 0.29) is 5.91 Å². The first-order valence-electron chi connectivity index (χ1n) is 4.50. The molecule has 0 saturated heterocycles. The molecular formula is C9H17NO. The average molecular weight is 155 g/mol. The highest BCUT2D eigenvalue weighted by atomic mass is 16.1. The van der Waals surface area contributed by atoms with Crippen LogP contribution in [-0.2, 0) is 4.79 Å². The lowest BCUT2D eigenvalue weighted by Gasteiger charge is -2.00. The Morgan fingerprint density at radius 1 is 1.64 bits per heavy atom. The highest BCUT2D eigenvalue weighted by Gasteiger charge is 2.33. The molecule has 0 aromatic heterocycles. The van der Waals surface area contributed by atoms with E-state index in [2.05, 4.69) is 19.2 Å². The zero-order chi connectivity index (χ0) is 8.27. The highest BCUT2D eigenvalue weighted by molar-refractivity contribution is 5.76. The van der Waals surface area contributed by atoms with Crippen LogP contribution in [0.1, 0.15) is 33.1 Å². The van der Waals surface area contributed by atoms with Gasteiger partial charge in [0.25, 0.3) is 0 Å². The third kappa shape index (κ3) is 2.91. The van der Waals surface area contributed by atoms with Gasteiger partial charge in [-0.05, 0) is 24.7 Å². The zero-order valence-corrected chi connectivity index (χ0v) is 7.39. The second-order valence-electron chi connectivity index (χ2n) is 3.53. The van der Waals surface area contributed by atoms with Crippen molar-refractivity contribution in [1.29, 1.82) is 0 Å². The van der Waals surface area contributed by atoms with E-state index in [0.717, 1.165) is 25.3 Å². The van der Waals surface area contributed by atoms with Gasteiger partial charge in [0.1, 0.15) is 0 Å². The SMILES string of the molecule is CCCNC(=O)CC1CC1C. The van der Waals surface area contributed by atoms with Crippen molar-refractivity contribution in [3.8, 4) is 0 Å². The van der Waals surface area contributed by atoms with Gasteiger partial charge >= 0.3 is 0 Å². The first-order valence-corrected chi connectivity index (χ1v) is 4.50. The quantitative estimate of drug-likeness (QED) is 0.656. The number of carbonyl (C=O) groups is 1. The van der Waals surface area contributed by atoms with E-state index < -0.39 is 0 Å². The van der Waals surface area contributed by atoms with E-state index in [9.17, 15) is 4.79 Å². The van der Waals surface area contributed by atoms with Gasteiger partial charge < -0.3 is 5.32 Å². The Kier molecular flexibility index (Phi) is 2.92. The Morgan fingerprint density at radius 3 is 2.73 bits per heavy atom. The lowest BCUT2D eigenvalue weighted by molar-refractivity contribution is -0.121. The van der Waals surface area contributed by atoms with E-state index in [1.807, 2.05) is 0 Å². The number of rotatable bonds is 4. The van der Waals surface area contributed by atoms with Crippen molar-refractivity contribution in [2.45, 2.75) is 33.1 Å². The summed E-state index contributed by atoms with van der Waals surface area (Å²) in [4.78, 5) is 11.1. The third-order valence-corrected chi connectivity index (χ3v) is 2.30. The molecule has 1 aliphatic rings. The van der Waals surface area contributed by atoms with Crippen LogP contribution in [0.3, 0.4) is 0 Å². The van der Waals surface area contributed by atoms with E-state index in [4.69, 9.17) is 0 Å². The lowest BCUT2D eigenvalue weighted by atomic mass is 10.2. The molecule has 1 fully saturated rings.